The molecule has 1 fully saturated rings. The predicted molar refractivity (Wildman–Crippen MR) is 80.8 cm³/mol. The highest BCUT2D eigenvalue weighted by molar-refractivity contribution is 5.76. The highest BCUT2D eigenvalue weighted by Crippen LogP contribution is 2.33. The van der Waals surface area contributed by atoms with Crippen LogP contribution in [0.15, 0.2) is 0 Å². The maximum absolute atomic E-state index is 12.4. The first-order valence-electron chi connectivity index (χ1n) is 7.93. The Morgan fingerprint density at radius 1 is 1.11 bits per heavy atom. The molecule has 112 valence electrons. The molecule has 1 atom stereocenters. The second kappa shape index (κ2) is 7.88. The summed E-state index contributed by atoms with van der Waals surface area (Å²) in [6.45, 7) is 10.6. The van der Waals surface area contributed by atoms with Crippen LogP contribution in [0, 0.1) is 17.8 Å². The molecule has 0 aromatic heterocycles. The molecular weight excluding hydrogens is 236 g/mol. The lowest BCUT2D eigenvalue weighted by molar-refractivity contribution is -0.132. The van der Waals surface area contributed by atoms with Gasteiger partial charge in [-0.05, 0) is 43.4 Å². The van der Waals surface area contributed by atoms with Crippen molar-refractivity contribution < 1.29 is 4.79 Å². The Balaban J connectivity index is 2.41. The third-order valence-electron chi connectivity index (χ3n) is 3.94. The lowest BCUT2D eigenvalue weighted by Crippen LogP contribution is -2.38. The van der Waals surface area contributed by atoms with Crippen molar-refractivity contribution in [3.63, 3.8) is 0 Å². The zero-order chi connectivity index (χ0) is 14.4. The summed E-state index contributed by atoms with van der Waals surface area (Å²) in [4.78, 5) is 14.4. The summed E-state index contributed by atoms with van der Waals surface area (Å²) >= 11 is 0. The van der Waals surface area contributed by atoms with Crippen LogP contribution in [0.4, 0.5) is 0 Å². The third kappa shape index (κ3) is 6.95. The average molecular weight is 268 g/mol. The van der Waals surface area contributed by atoms with Crippen molar-refractivity contribution in [2.75, 3.05) is 13.1 Å². The van der Waals surface area contributed by atoms with Gasteiger partial charge in [0.05, 0.1) is 0 Å². The summed E-state index contributed by atoms with van der Waals surface area (Å²) in [7, 11) is 0. The van der Waals surface area contributed by atoms with Gasteiger partial charge in [0.1, 0.15) is 0 Å². The number of nitrogens with two attached hydrogens (primary N) is 1. The predicted octanol–water partition coefficient (Wildman–Crippen LogP) is 3.03. The Labute approximate surface area is 118 Å². The van der Waals surface area contributed by atoms with E-state index in [1.165, 1.54) is 12.8 Å². The zero-order valence-corrected chi connectivity index (χ0v) is 13.2. The molecule has 19 heavy (non-hydrogen) atoms. The van der Waals surface area contributed by atoms with E-state index in [4.69, 9.17) is 5.73 Å². The lowest BCUT2D eigenvalue weighted by atomic mass is 10.1. The van der Waals surface area contributed by atoms with Gasteiger partial charge in [0.2, 0.25) is 5.91 Å². The molecule has 1 amide bonds. The molecule has 1 saturated carbocycles. The topological polar surface area (TPSA) is 46.3 Å². The van der Waals surface area contributed by atoms with E-state index in [0.717, 1.165) is 25.9 Å². The molecule has 0 spiro atoms. The van der Waals surface area contributed by atoms with Crippen molar-refractivity contribution >= 4 is 5.91 Å². The van der Waals surface area contributed by atoms with Crippen molar-refractivity contribution in [2.24, 2.45) is 23.5 Å². The van der Waals surface area contributed by atoms with Crippen LogP contribution in [0.25, 0.3) is 0 Å². The Bertz CT molecular complexity index is 260. The van der Waals surface area contributed by atoms with Crippen LogP contribution >= 0.6 is 0 Å². The van der Waals surface area contributed by atoms with Crippen LogP contribution in [-0.2, 0) is 4.79 Å². The maximum atomic E-state index is 12.4. The SMILES string of the molecule is CC(C)CCN(CCC(C)C)C(=O)CC(N)C1CC1. The van der Waals surface area contributed by atoms with E-state index in [9.17, 15) is 4.79 Å². The Hall–Kier alpha value is -0.570. The van der Waals surface area contributed by atoms with Gasteiger partial charge in [-0.3, -0.25) is 4.79 Å². The van der Waals surface area contributed by atoms with Gasteiger partial charge in [-0.25, -0.2) is 0 Å². The molecule has 0 saturated heterocycles. The number of carbonyl (C=O) groups excluding carboxylic acids is 1. The molecule has 1 aliphatic carbocycles. The van der Waals surface area contributed by atoms with E-state index in [2.05, 4.69) is 27.7 Å². The van der Waals surface area contributed by atoms with Gasteiger partial charge < -0.3 is 10.6 Å². The molecule has 0 heterocycles. The van der Waals surface area contributed by atoms with Crippen LogP contribution in [0.2, 0.25) is 0 Å². The molecule has 0 aromatic rings. The smallest absolute Gasteiger partial charge is 0.224 e. The molecule has 2 N–H and O–H groups in total. The summed E-state index contributed by atoms with van der Waals surface area (Å²) < 4.78 is 0. The standard InChI is InChI=1S/C16H32N2O/c1-12(2)7-9-18(10-8-13(3)4)16(19)11-15(17)14-5-6-14/h12-15H,5-11,17H2,1-4H3. The number of carbonyl (C=O) groups is 1. The number of amides is 1. The van der Waals surface area contributed by atoms with Crippen LogP contribution in [0.1, 0.15) is 59.8 Å². The van der Waals surface area contributed by atoms with Crippen molar-refractivity contribution in [1.82, 2.24) is 4.90 Å². The first-order chi connectivity index (χ1) is 8.90. The summed E-state index contributed by atoms with van der Waals surface area (Å²) in [5, 5.41) is 0. The monoisotopic (exact) mass is 268 g/mol. The first-order valence-corrected chi connectivity index (χ1v) is 7.93. The molecule has 0 radical (unpaired) electrons. The molecule has 3 nitrogen and oxygen atoms in total. The van der Waals surface area contributed by atoms with E-state index < -0.39 is 0 Å². The Kier molecular flexibility index (Phi) is 6.84. The largest absolute Gasteiger partial charge is 0.343 e. The van der Waals surface area contributed by atoms with Gasteiger partial charge in [0, 0.05) is 25.6 Å². The van der Waals surface area contributed by atoms with Crippen molar-refractivity contribution in [3.05, 3.63) is 0 Å². The second-order valence-corrected chi connectivity index (χ2v) is 6.95. The lowest BCUT2D eigenvalue weighted by Gasteiger charge is -2.26. The molecule has 0 aromatic carbocycles. The van der Waals surface area contributed by atoms with Gasteiger partial charge in [0.15, 0.2) is 0 Å². The number of hydrogen-bond donors (Lipinski definition) is 1. The van der Waals surface area contributed by atoms with Crippen LogP contribution in [0.5, 0.6) is 0 Å². The summed E-state index contributed by atoms with van der Waals surface area (Å²) in [6, 6.07) is 0.0908. The van der Waals surface area contributed by atoms with E-state index >= 15 is 0 Å². The molecule has 3 heteroatoms. The third-order valence-corrected chi connectivity index (χ3v) is 3.94. The van der Waals surface area contributed by atoms with Gasteiger partial charge in [-0.15, -0.1) is 0 Å². The second-order valence-electron chi connectivity index (χ2n) is 6.95. The molecule has 1 rings (SSSR count). The summed E-state index contributed by atoms with van der Waals surface area (Å²) in [6.07, 6.45) is 5.14. The quantitative estimate of drug-likeness (QED) is 0.698. The minimum Gasteiger partial charge on any atom is -0.343 e. The average Bonchev–Trinajstić information content (AvgIpc) is 3.11. The number of hydrogen-bond acceptors (Lipinski definition) is 2. The van der Waals surface area contributed by atoms with E-state index in [-0.39, 0.29) is 11.9 Å². The van der Waals surface area contributed by atoms with Crippen molar-refractivity contribution in [3.8, 4) is 0 Å². The molecule has 1 unspecified atom stereocenters. The normalized spacial score (nSPS) is 17.0. The fraction of sp³-hybridized carbons (Fsp3) is 0.938. The van der Waals surface area contributed by atoms with Gasteiger partial charge >= 0.3 is 0 Å². The zero-order valence-electron chi connectivity index (χ0n) is 13.2. The van der Waals surface area contributed by atoms with Gasteiger partial charge in [-0.1, -0.05) is 27.7 Å². The van der Waals surface area contributed by atoms with E-state index in [1.807, 2.05) is 4.90 Å². The van der Waals surface area contributed by atoms with Crippen molar-refractivity contribution in [1.29, 1.82) is 0 Å². The van der Waals surface area contributed by atoms with E-state index in [0.29, 0.717) is 24.2 Å². The number of nitrogens with zero attached hydrogens (tertiary/aromatic N) is 1. The summed E-state index contributed by atoms with van der Waals surface area (Å²) in [5.41, 5.74) is 6.08. The first kappa shape index (κ1) is 16.5. The fourth-order valence-electron chi connectivity index (χ4n) is 2.21. The molecule has 0 aliphatic heterocycles. The van der Waals surface area contributed by atoms with E-state index in [1.54, 1.807) is 0 Å². The summed E-state index contributed by atoms with van der Waals surface area (Å²) in [5.74, 6) is 2.17. The minimum atomic E-state index is 0.0908. The highest BCUT2D eigenvalue weighted by Gasteiger charge is 2.30. The maximum Gasteiger partial charge on any atom is 0.224 e. The Morgan fingerprint density at radius 3 is 1.95 bits per heavy atom. The fourth-order valence-corrected chi connectivity index (χ4v) is 2.21. The van der Waals surface area contributed by atoms with Gasteiger partial charge in [0.25, 0.3) is 0 Å². The molecular formula is C16H32N2O. The van der Waals surface area contributed by atoms with Crippen LogP contribution in [0.3, 0.4) is 0 Å². The van der Waals surface area contributed by atoms with Crippen LogP contribution < -0.4 is 5.73 Å². The van der Waals surface area contributed by atoms with Gasteiger partial charge in [-0.2, -0.15) is 0 Å². The number of rotatable bonds is 9. The van der Waals surface area contributed by atoms with Crippen molar-refractivity contribution in [2.45, 2.75) is 65.8 Å². The van der Waals surface area contributed by atoms with Crippen LogP contribution in [-0.4, -0.2) is 29.9 Å². The molecule has 0 bridgehead atoms. The Morgan fingerprint density at radius 2 is 1.58 bits per heavy atom. The molecule has 1 aliphatic rings. The highest BCUT2D eigenvalue weighted by atomic mass is 16.2. The minimum absolute atomic E-state index is 0.0908.